The van der Waals surface area contributed by atoms with Crippen LogP contribution in [0.2, 0.25) is 0 Å². The topological polar surface area (TPSA) is 62.5 Å². The average molecular weight is 569 g/mol. The average Bonchev–Trinajstić information content (AvgIpc) is 3.07. The van der Waals surface area contributed by atoms with Gasteiger partial charge in [-0.2, -0.15) is 5.26 Å². The Morgan fingerprint density at radius 3 is 1.68 bits per heavy atom. The molecule has 0 aliphatic heterocycles. The minimum absolute atomic E-state index is 0.373. The summed E-state index contributed by atoms with van der Waals surface area (Å²) in [6, 6.07) is 38.1. The third kappa shape index (κ3) is 4.22. The minimum Gasteiger partial charge on any atom is -0.208 e. The van der Waals surface area contributed by atoms with Gasteiger partial charge in [0, 0.05) is 16.7 Å². The Morgan fingerprint density at radius 2 is 1.07 bits per heavy atom. The Morgan fingerprint density at radius 1 is 0.545 bits per heavy atom. The molecular formula is C40H32N4. The van der Waals surface area contributed by atoms with Crippen LogP contribution in [0.25, 0.3) is 55.7 Å². The van der Waals surface area contributed by atoms with Crippen LogP contribution in [0.5, 0.6) is 0 Å². The summed E-state index contributed by atoms with van der Waals surface area (Å²) in [6.07, 6.45) is 8.47. The summed E-state index contributed by atoms with van der Waals surface area (Å²) in [6.45, 7) is 0. The molecule has 4 fully saturated rings. The van der Waals surface area contributed by atoms with Crippen LogP contribution in [0.15, 0.2) is 103 Å². The van der Waals surface area contributed by atoms with E-state index < -0.39 is 0 Å². The Kier molecular flexibility index (Phi) is 5.72. The van der Waals surface area contributed by atoms with Crippen molar-refractivity contribution in [3.05, 3.63) is 114 Å². The van der Waals surface area contributed by atoms with E-state index in [1.54, 1.807) is 0 Å². The highest BCUT2D eigenvalue weighted by molar-refractivity contribution is 6.08. The lowest BCUT2D eigenvalue weighted by atomic mass is 9.48. The summed E-state index contributed by atoms with van der Waals surface area (Å²) < 4.78 is 0. The molecule has 0 atom stereocenters. The molecule has 4 aliphatic carbocycles. The first-order valence-corrected chi connectivity index (χ1v) is 15.9. The third-order valence-corrected chi connectivity index (χ3v) is 10.7. The molecular weight excluding hydrogens is 536 g/mol. The minimum atomic E-state index is 0.373. The lowest BCUT2D eigenvalue weighted by Crippen LogP contribution is -2.48. The summed E-state index contributed by atoms with van der Waals surface area (Å²) in [4.78, 5) is 15.0. The predicted octanol–water partition coefficient (Wildman–Crippen LogP) is 9.52. The van der Waals surface area contributed by atoms with Gasteiger partial charge in [-0.1, -0.05) is 84.9 Å². The first-order valence-electron chi connectivity index (χ1n) is 15.9. The molecule has 4 aliphatic rings. The maximum Gasteiger partial charge on any atom is 0.164 e. The van der Waals surface area contributed by atoms with E-state index in [-0.39, 0.29) is 0 Å². The number of rotatable bonds is 4. The van der Waals surface area contributed by atoms with Crippen LogP contribution < -0.4 is 0 Å². The number of nitrogens with zero attached hydrogens (tertiary/aromatic N) is 4. The third-order valence-electron chi connectivity index (χ3n) is 10.7. The van der Waals surface area contributed by atoms with Crippen molar-refractivity contribution in [2.75, 3.05) is 0 Å². The van der Waals surface area contributed by atoms with Crippen LogP contribution in [0.1, 0.15) is 49.7 Å². The standard InChI is InChI=1S/C40H32N4/c41-24-25-6-14-35-31(19-25)7-8-32-20-33(11-15-36(32)35)39-43-37(29-4-2-1-3-5-29)42-38(44-39)30-9-12-34(13-10-30)40-21-26-16-27(22-40)18-28(17-26)23-40/h1-15,19-20,26-28H,16-18,21-23H2. The Labute approximate surface area is 257 Å². The van der Waals surface area contributed by atoms with Gasteiger partial charge in [0.05, 0.1) is 11.6 Å². The van der Waals surface area contributed by atoms with E-state index in [2.05, 4.69) is 72.8 Å². The molecule has 0 amide bonds. The van der Waals surface area contributed by atoms with Crippen LogP contribution in [-0.4, -0.2) is 15.0 Å². The number of benzene rings is 5. The van der Waals surface area contributed by atoms with Gasteiger partial charge in [-0.15, -0.1) is 0 Å². The first kappa shape index (κ1) is 25.6. The summed E-state index contributed by atoms with van der Waals surface area (Å²) >= 11 is 0. The van der Waals surface area contributed by atoms with Gasteiger partial charge in [-0.3, -0.25) is 0 Å². The van der Waals surface area contributed by atoms with Gasteiger partial charge >= 0.3 is 0 Å². The zero-order valence-corrected chi connectivity index (χ0v) is 24.6. The fourth-order valence-corrected chi connectivity index (χ4v) is 9.07. The summed E-state index contributed by atoms with van der Waals surface area (Å²) in [5.74, 6) is 4.83. The lowest BCUT2D eigenvalue weighted by Gasteiger charge is -2.57. The fraction of sp³-hybridized carbons (Fsp3) is 0.250. The van der Waals surface area contributed by atoms with Crippen molar-refractivity contribution in [3.8, 4) is 40.2 Å². The number of nitriles is 1. The SMILES string of the molecule is N#Cc1ccc2c(ccc3cc(-c4nc(-c5ccccc5)nc(-c5ccc(C67CC8CC(CC(C8)C6)C7)cc5)n4)ccc32)c1. The van der Waals surface area contributed by atoms with Gasteiger partial charge in [0.1, 0.15) is 0 Å². The van der Waals surface area contributed by atoms with Crippen LogP contribution in [0.3, 0.4) is 0 Å². The van der Waals surface area contributed by atoms with E-state index in [0.29, 0.717) is 28.5 Å². The molecule has 0 spiro atoms. The molecule has 44 heavy (non-hydrogen) atoms. The fourth-order valence-electron chi connectivity index (χ4n) is 9.07. The Balaban J connectivity index is 1.13. The Bertz CT molecular complexity index is 2070. The van der Waals surface area contributed by atoms with Gasteiger partial charge in [0.15, 0.2) is 17.5 Å². The predicted molar refractivity (Wildman–Crippen MR) is 176 cm³/mol. The molecule has 0 unspecified atom stereocenters. The van der Waals surface area contributed by atoms with Gasteiger partial charge in [0.25, 0.3) is 0 Å². The molecule has 0 N–H and O–H groups in total. The molecule has 0 saturated heterocycles. The largest absolute Gasteiger partial charge is 0.208 e. The molecule has 4 heteroatoms. The molecule has 1 heterocycles. The summed E-state index contributed by atoms with van der Waals surface area (Å²) in [5, 5.41) is 13.8. The van der Waals surface area contributed by atoms with Crippen molar-refractivity contribution >= 4 is 21.5 Å². The highest BCUT2D eigenvalue weighted by Gasteiger charge is 2.51. The quantitative estimate of drug-likeness (QED) is 0.199. The highest BCUT2D eigenvalue weighted by Crippen LogP contribution is 2.60. The van der Waals surface area contributed by atoms with Crippen molar-refractivity contribution in [3.63, 3.8) is 0 Å². The van der Waals surface area contributed by atoms with Gasteiger partial charge in [-0.25, -0.2) is 15.0 Å². The van der Waals surface area contributed by atoms with Crippen molar-refractivity contribution in [1.29, 1.82) is 5.26 Å². The normalized spacial score (nSPS) is 23.7. The van der Waals surface area contributed by atoms with E-state index in [4.69, 9.17) is 15.0 Å². The van der Waals surface area contributed by atoms with Crippen molar-refractivity contribution in [2.24, 2.45) is 17.8 Å². The molecule has 10 rings (SSSR count). The van der Waals surface area contributed by atoms with E-state index in [9.17, 15) is 5.26 Å². The number of aromatic nitrogens is 3. The highest BCUT2D eigenvalue weighted by atomic mass is 15.0. The van der Waals surface area contributed by atoms with Gasteiger partial charge in [0.2, 0.25) is 0 Å². The van der Waals surface area contributed by atoms with Crippen LogP contribution in [0.4, 0.5) is 0 Å². The number of fused-ring (bicyclic) bond motifs is 3. The van der Waals surface area contributed by atoms with Crippen LogP contribution >= 0.6 is 0 Å². The zero-order chi connectivity index (χ0) is 29.3. The Hall–Kier alpha value is -4.88. The number of hydrogen-bond donors (Lipinski definition) is 0. The van der Waals surface area contributed by atoms with E-state index in [1.807, 2.05) is 36.4 Å². The molecule has 5 aromatic carbocycles. The molecule has 1 aromatic heterocycles. The summed E-state index contributed by atoms with van der Waals surface area (Å²) in [5.41, 5.74) is 5.52. The van der Waals surface area contributed by atoms with Gasteiger partial charge < -0.3 is 0 Å². The molecule has 6 aromatic rings. The van der Waals surface area contributed by atoms with Crippen molar-refractivity contribution in [2.45, 2.75) is 43.9 Å². The molecule has 0 radical (unpaired) electrons. The smallest absolute Gasteiger partial charge is 0.164 e. The monoisotopic (exact) mass is 568 g/mol. The maximum atomic E-state index is 9.33. The summed E-state index contributed by atoms with van der Waals surface area (Å²) in [7, 11) is 0. The maximum absolute atomic E-state index is 9.33. The number of hydrogen-bond acceptors (Lipinski definition) is 4. The lowest BCUT2D eigenvalue weighted by molar-refractivity contribution is -0.00518. The second kappa shape index (κ2) is 9.82. The second-order valence-corrected chi connectivity index (χ2v) is 13.5. The van der Waals surface area contributed by atoms with Crippen LogP contribution in [0, 0.1) is 29.1 Å². The second-order valence-electron chi connectivity index (χ2n) is 13.5. The molecule has 4 bridgehead atoms. The van der Waals surface area contributed by atoms with E-state index in [1.165, 1.54) is 44.1 Å². The van der Waals surface area contributed by atoms with Crippen molar-refractivity contribution < 1.29 is 0 Å². The molecule has 4 nitrogen and oxygen atoms in total. The zero-order valence-electron chi connectivity index (χ0n) is 24.6. The van der Waals surface area contributed by atoms with Crippen LogP contribution in [-0.2, 0) is 5.41 Å². The van der Waals surface area contributed by atoms with Gasteiger partial charge in [-0.05, 0) is 107 Å². The first-order chi connectivity index (χ1) is 21.6. The molecule has 4 saturated carbocycles. The van der Waals surface area contributed by atoms with E-state index in [0.717, 1.165) is 56.0 Å². The molecule has 212 valence electrons. The van der Waals surface area contributed by atoms with Crippen molar-refractivity contribution in [1.82, 2.24) is 15.0 Å². The van der Waals surface area contributed by atoms with E-state index >= 15 is 0 Å².